The number of benzene rings is 1. The highest BCUT2D eigenvalue weighted by Crippen LogP contribution is 2.27. The minimum atomic E-state index is -0.0942. The first kappa shape index (κ1) is 16.6. The number of rotatable bonds is 9. The predicted octanol–water partition coefficient (Wildman–Crippen LogP) is 3.23. The second-order valence-corrected chi connectivity index (χ2v) is 4.81. The van der Waals surface area contributed by atoms with Crippen LogP contribution in [0.5, 0.6) is 11.5 Å². The second-order valence-electron chi connectivity index (χ2n) is 4.43. The molecule has 0 spiro atoms. The molecule has 0 saturated carbocycles. The lowest BCUT2D eigenvalue weighted by molar-refractivity contribution is 0.0952. The second kappa shape index (κ2) is 9.48. The molecule has 1 aromatic carbocycles. The van der Waals surface area contributed by atoms with E-state index in [0.29, 0.717) is 29.5 Å². The van der Waals surface area contributed by atoms with Crippen LogP contribution in [0.1, 0.15) is 36.0 Å². The Morgan fingerprint density at radius 2 is 1.80 bits per heavy atom. The molecule has 0 unspecified atom stereocenters. The van der Waals surface area contributed by atoms with Crippen LogP contribution >= 0.6 is 11.6 Å². The lowest BCUT2D eigenvalue weighted by Crippen LogP contribution is -2.24. The van der Waals surface area contributed by atoms with Gasteiger partial charge < -0.3 is 14.8 Å². The van der Waals surface area contributed by atoms with Gasteiger partial charge in [-0.1, -0.05) is 12.8 Å². The Bertz CT molecular complexity index is 424. The van der Waals surface area contributed by atoms with E-state index in [1.807, 2.05) is 0 Å². The van der Waals surface area contributed by atoms with E-state index in [2.05, 4.69) is 5.32 Å². The van der Waals surface area contributed by atoms with Crippen LogP contribution in [0.25, 0.3) is 0 Å². The van der Waals surface area contributed by atoms with Crippen molar-refractivity contribution >= 4 is 17.5 Å². The first-order chi connectivity index (χ1) is 9.72. The number of hydrogen-bond acceptors (Lipinski definition) is 3. The number of carbonyl (C=O) groups is 1. The molecule has 0 aliphatic heterocycles. The van der Waals surface area contributed by atoms with Gasteiger partial charge in [-0.3, -0.25) is 4.79 Å². The first-order valence-electron chi connectivity index (χ1n) is 6.79. The first-order valence-corrected chi connectivity index (χ1v) is 7.32. The summed E-state index contributed by atoms with van der Waals surface area (Å²) in [5, 5.41) is 2.90. The molecule has 1 amide bonds. The molecule has 4 nitrogen and oxygen atoms in total. The van der Waals surface area contributed by atoms with Gasteiger partial charge in [-0.05, 0) is 31.0 Å². The van der Waals surface area contributed by atoms with Crippen LogP contribution in [0.3, 0.4) is 0 Å². The Kier molecular flexibility index (Phi) is 7.88. The normalized spacial score (nSPS) is 10.2. The number of alkyl halides is 1. The van der Waals surface area contributed by atoms with E-state index >= 15 is 0 Å². The van der Waals surface area contributed by atoms with Crippen LogP contribution in [0.15, 0.2) is 18.2 Å². The van der Waals surface area contributed by atoms with Gasteiger partial charge in [0.2, 0.25) is 0 Å². The summed E-state index contributed by atoms with van der Waals surface area (Å²) < 4.78 is 10.3. The van der Waals surface area contributed by atoms with E-state index in [4.69, 9.17) is 21.1 Å². The average molecular weight is 300 g/mol. The van der Waals surface area contributed by atoms with Gasteiger partial charge in [0.1, 0.15) is 0 Å². The molecule has 0 fully saturated rings. The van der Waals surface area contributed by atoms with Gasteiger partial charge in [0, 0.05) is 18.0 Å². The molecule has 0 atom stereocenters. The minimum absolute atomic E-state index is 0.0942. The molecule has 0 bridgehead atoms. The number of hydrogen-bond donors (Lipinski definition) is 1. The topological polar surface area (TPSA) is 47.6 Å². The molecule has 0 radical (unpaired) electrons. The van der Waals surface area contributed by atoms with Crippen LogP contribution in [0.2, 0.25) is 0 Å². The van der Waals surface area contributed by atoms with E-state index in [1.54, 1.807) is 32.4 Å². The third-order valence-corrected chi connectivity index (χ3v) is 3.26. The Hall–Kier alpha value is -1.42. The molecule has 5 heteroatoms. The van der Waals surface area contributed by atoms with Crippen LogP contribution in [0, 0.1) is 0 Å². The molecule has 0 aliphatic carbocycles. The standard InChI is InChI=1S/C15H22ClNO3/c1-19-13-8-7-12(11-14(13)20-2)15(18)17-10-6-4-3-5-9-16/h7-8,11H,3-6,9-10H2,1-2H3,(H,17,18). The van der Waals surface area contributed by atoms with Crippen molar-refractivity contribution in [3.8, 4) is 11.5 Å². The van der Waals surface area contributed by atoms with E-state index in [0.717, 1.165) is 25.7 Å². The quantitative estimate of drug-likeness (QED) is 0.562. The molecule has 0 aliphatic rings. The van der Waals surface area contributed by atoms with Crippen LogP contribution in [-0.2, 0) is 0 Å². The summed E-state index contributed by atoms with van der Waals surface area (Å²) in [5.41, 5.74) is 0.573. The number of carbonyl (C=O) groups excluding carboxylic acids is 1. The monoisotopic (exact) mass is 299 g/mol. The number of nitrogens with one attached hydrogen (secondary N) is 1. The molecule has 112 valence electrons. The van der Waals surface area contributed by atoms with Crippen LogP contribution < -0.4 is 14.8 Å². The van der Waals surface area contributed by atoms with Gasteiger partial charge in [-0.25, -0.2) is 0 Å². The molecule has 0 aromatic heterocycles. The average Bonchev–Trinajstić information content (AvgIpc) is 2.49. The molecular formula is C15H22ClNO3. The maximum absolute atomic E-state index is 12.0. The highest BCUT2D eigenvalue weighted by atomic mass is 35.5. The third kappa shape index (κ3) is 5.29. The number of methoxy groups -OCH3 is 2. The summed E-state index contributed by atoms with van der Waals surface area (Å²) in [4.78, 5) is 12.0. The Morgan fingerprint density at radius 3 is 2.45 bits per heavy atom. The number of unbranched alkanes of at least 4 members (excludes halogenated alkanes) is 3. The highest BCUT2D eigenvalue weighted by Gasteiger charge is 2.09. The van der Waals surface area contributed by atoms with E-state index < -0.39 is 0 Å². The van der Waals surface area contributed by atoms with Crippen molar-refractivity contribution in [2.24, 2.45) is 0 Å². The fraction of sp³-hybridized carbons (Fsp3) is 0.533. The van der Waals surface area contributed by atoms with Crippen molar-refractivity contribution in [3.05, 3.63) is 23.8 Å². The maximum atomic E-state index is 12.0. The zero-order valence-electron chi connectivity index (χ0n) is 12.1. The smallest absolute Gasteiger partial charge is 0.251 e. The van der Waals surface area contributed by atoms with Gasteiger partial charge in [0.05, 0.1) is 14.2 Å². The van der Waals surface area contributed by atoms with Gasteiger partial charge in [0.25, 0.3) is 5.91 Å². The Balaban J connectivity index is 2.43. The zero-order chi connectivity index (χ0) is 14.8. The SMILES string of the molecule is COc1ccc(C(=O)NCCCCCCCl)cc1OC. The van der Waals surface area contributed by atoms with Gasteiger partial charge >= 0.3 is 0 Å². The summed E-state index contributed by atoms with van der Waals surface area (Å²) in [5.74, 6) is 1.79. The van der Waals surface area contributed by atoms with Crippen molar-refractivity contribution < 1.29 is 14.3 Å². The molecule has 1 aromatic rings. The highest BCUT2D eigenvalue weighted by molar-refractivity contribution is 6.17. The van der Waals surface area contributed by atoms with Crippen molar-refractivity contribution in [1.29, 1.82) is 0 Å². The lowest BCUT2D eigenvalue weighted by atomic mass is 10.1. The molecular weight excluding hydrogens is 278 g/mol. The van der Waals surface area contributed by atoms with Crippen molar-refractivity contribution in [1.82, 2.24) is 5.32 Å². The molecule has 0 saturated heterocycles. The van der Waals surface area contributed by atoms with Gasteiger partial charge in [0.15, 0.2) is 11.5 Å². The minimum Gasteiger partial charge on any atom is -0.493 e. The van der Waals surface area contributed by atoms with E-state index in [-0.39, 0.29) is 5.91 Å². The predicted molar refractivity (Wildman–Crippen MR) is 81.1 cm³/mol. The summed E-state index contributed by atoms with van der Waals surface area (Å²) in [6.07, 6.45) is 4.19. The zero-order valence-corrected chi connectivity index (χ0v) is 12.8. The molecule has 1 N–H and O–H groups in total. The Morgan fingerprint density at radius 1 is 1.10 bits per heavy atom. The third-order valence-electron chi connectivity index (χ3n) is 2.99. The van der Waals surface area contributed by atoms with Gasteiger partial charge in [-0.2, -0.15) is 0 Å². The molecule has 20 heavy (non-hydrogen) atoms. The largest absolute Gasteiger partial charge is 0.493 e. The molecule has 0 heterocycles. The van der Waals surface area contributed by atoms with Crippen LogP contribution in [0.4, 0.5) is 0 Å². The summed E-state index contributed by atoms with van der Waals surface area (Å²) >= 11 is 5.61. The Labute approximate surface area is 125 Å². The van der Waals surface area contributed by atoms with E-state index in [9.17, 15) is 4.79 Å². The summed E-state index contributed by atoms with van der Waals surface area (Å²) in [6.45, 7) is 0.676. The van der Waals surface area contributed by atoms with Crippen molar-refractivity contribution in [2.75, 3.05) is 26.6 Å². The van der Waals surface area contributed by atoms with E-state index in [1.165, 1.54) is 0 Å². The number of ether oxygens (including phenoxy) is 2. The van der Waals surface area contributed by atoms with Gasteiger partial charge in [-0.15, -0.1) is 11.6 Å². The van der Waals surface area contributed by atoms with Crippen LogP contribution in [-0.4, -0.2) is 32.6 Å². The fourth-order valence-electron chi connectivity index (χ4n) is 1.85. The number of halogens is 1. The number of amides is 1. The lowest BCUT2D eigenvalue weighted by Gasteiger charge is -2.10. The van der Waals surface area contributed by atoms with Crippen molar-refractivity contribution in [3.63, 3.8) is 0 Å². The summed E-state index contributed by atoms with van der Waals surface area (Å²) in [6, 6.07) is 5.14. The molecule has 1 rings (SSSR count). The maximum Gasteiger partial charge on any atom is 0.251 e. The van der Waals surface area contributed by atoms with Crippen molar-refractivity contribution in [2.45, 2.75) is 25.7 Å². The summed E-state index contributed by atoms with van der Waals surface area (Å²) in [7, 11) is 3.12. The fourth-order valence-corrected chi connectivity index (χ4v) is 2.04.